The first-order chi connectivity index (χ1) is 18.1. The van der Waals surface area contributed by atoms with Crippen LogP contribution < -0.4 is 9.64 Å². The number of aliphatic carboxylic acids is 1. The van der Waals surface area contributed by atoms with Crippen molar-refractivity contribution in [2.75, 3.05) is 11.4 Å². The number of hydrogen-bond acceptors (Lipinski definition) is 5. The molecule has 0 aliphatic heterocycles. The topological polar surface area (TPSA) is 62.7 Å². The summed E-state index contributed by atoms with van der Waals surface area (Å²) in [5.41, 5.74) is 5.86. The van der Waals surface area contributed by atoms with Crippen molar-refractivity contribution in [3.8, 4) is 5.75 Å². The number of rotatable bonds is 14. The van der Waals surface area contributed by atoms with Crippen molar-refractivity contribution in [1.82, 2.24) is 4.98 Å². The SMILES string of the molecule is CCCc1csc(N(CCc2ccccc2)Cc2ccc(COc3ccc(CCC(=O)O)cc3)cc2)n1. The second-order valence-electron chi connectivity index (χ2n) is 9.17. The molecule has 0 saturated heterocycles. The highest BCUT2D eigenvalue weighted by Gasteiger charge is 2.13. The zero-order valence-electron chi connectivity index (χ0n) is 21.3. The lowest BCUT2D eigenvalue weighted by molar-refractivity contribution is -0.136. The van der Waals surface area contributed by atoms with Crippen LogP contribution in [0.3, 0.4) is 0 Å². The third kappa shape index (κ3) is 8.46. The first-order valence-corrected chi connectivity index (χ1v) is 13.7. The quantitative estimate of drug-likeness (QED) is 0.197. The summed E-state index contributed by atoms with van der Waals surface area (Å²) < 4.78 is 5.94. The van der Waals surface area contributed by atoms with Gasteiger partial charge in [0, 0.05) is 24.9 Å². The van der Waals surface area contributed by atoms with E-state index in [1.54, 1.807) is 11.3 Å². The number of carboxylic acid groups (broad SMARTS) is 1. The van der Waals surface area contributed by atoms with Gasteiger partial charge in [-0.25, -0.2) is 4.98 Å². The van der Waals surface area contributed by atoms with E-state index in [0.717, 1.165) is 54.4 Å². The van der Waals surface area contributed by atoms with Crippen molar-refractivity contribution in [2.45, 2.75) is 52.2 Å². The summed E-state index contributed by atoms with van der Waals surface area (Å²) in [6.45, 7) is 4.40. The zero-order chi connectivity index (χ0) is 25.9. The van der Waals surface area contributed by atoms with Crippen molar-refractivity contribution in [3.05, 3.63) is 112 Å². The third-order valence-corrected chi connectivity index (χ3v) is 7.13. The van der Waals surface area contributed by atoms with Gasteiger partial charge in [0.25, 0.3) is 0 Å². The number of thiazole rings is 1. The van der Waals surface area contributed by atoms with Gasteiger partial charge >= 0.3 is 5.97 Å². The molecule has 0 aliphatic rings. The monoisotopic (exact) mass is 514 g/mol. The third-order valence-electron chi connectivity index (χ3n) is 6.18. The minimum atomic E-state index is -0.781. The molecule has 5 nitrogen and oxygen atoms in total. The van der Waals surface area contributed by atoms with Gasteiger partial charge in [-0.05, 0) is 53.6 Å². The molecule has 0 fully saturated rings. The van der Waals surface area contributed by atoms with Crippen LogP contribution in [0.4, 0.5) is 5.13 Å². The fraction of sp³-hybridized carbons (Fsp3) is 0.290. The largest absolute Gasteiger partial charge is 0.489 e. The number of benzene rings is 3. The molecule has 0 bridgehead atoms. The highest BCUT2D eigenvalue weighted by Crippen LogP contribution is 2.24. The van der Waals surface area contributed by atoms with Crippen molar-refractivity contribution in [1.29, 1.82) is 0 Å². The van der Waals surface area contributed by atoms with E-state index in [1.165, 1.54) is 16.8 Å². The van der Waals surface area contributed by atoms with Crippen molar-refractivity contribution in [3.63, 3.8) is 0 Å². The molecule has 37 heavy (non-hydrogen) atoms. The predicted molar refractivity (Wildman–Crippen MR) is 150 cm³/mol. The Labute approximate surface area is 223 Å². The molecular formula is C31H34N2O3S. The lowest BCUT2D eigenvalue weighted by Crippen LogP contribution is -2.25. The van der Waals surface area contributed by atoms with Gasteiger partial charge in [0.2, 0.25) is 0 Å². The van der Waals surface area contributed by atoms with Crippen molar-refractivity contribution in [2.24, 2.45) is 0 Å². The Bertz CT molecular complexity index is 1240. The summed E-state index contributed by atoms with van der Waals surface area (Å²) >= 11 is 1.73. The van der Waals surface area contributed by atoms with Crippen LogP contribution in [0.1, 0.15) is 47.7 Å². The van der Waals surface area contributed by atoms with E-state index >= 15 is 0 Å². The Hall–Kier alpha value is -3.64. The molecule has 0 unspecified atom stereocenters. The molecule has 1 aromatic heterocycles. The van der Waals surface area contributed by atoms with Crippen LogP contribution in [0, 0.1) is 0 Å². The lowest BCUT2D eigenvalue weighted by atomic mass is 10.1. The lowest BCUT2D eigenvalue weighted by Gasteiger charge is -2.22. The molecule has 4 rings (SSSR count). The molecule has 4 aromatic rings. The normalized spacial score (nSPS) is 10.8. The van der Waals surface area contributed by atoms with Crippen molar-refractivity contribution >= 4 is 22.4 Å². The number of ether oxygens (including phenoxy) is 1. The minimum Gasteiger partial charge on any atom is -0.489 e. The van der Waals surface area contributed by atoms with E-state index in [-0.39, 0.29) is 6.42 Å². The number of anilines is 1. The van der Waals surface area contributed by atoms with Crippen LogP contribution in [0.5, 0.6) is 5.75 Å². The van der Waals surface area contributed by atoms with E-state index in [0.29, 0.717) is 13.0 Å². The van der Waals surface area contributed by atoms with Gasteiger partial charge in [-0.3, -0.25) is 4.79 Å². The van der Waals surface area contributed by atoms with E-state index in [2.05, 4.69) is 71.8 Å². The number of nitrogens with zero attached hydrogens (tertiary/aromatic N) is 2. The molecule has 0 atom stereocenters. The molecule has 3 aromatic carbocycles. The second-order valence-corrected chi connectivity index (χ2v) is 10.0. The molecule has 0 amide bonds. The van der Waals surface area contributed by atoms with Crippen LogP contribution in [0.2, 0.25) is 0 Å². The second kappa shape index (κ2) is 13.6. The maximum atomic E-state index is 10.7. The van der Waals surface area contributed by atoms with Crippen LogP contribution >= 0.6 is 11.3 Å². The highest BCUT2D eigenvalue weighted by atomic mass is 32.1. The Morgan fingerprint density at radius 3 is 2.24 bits per heavy atom. The van der Waals surface area contributed by atoms with Gasteiger partial charge < -0.3 is 14.7 Å². The Kier molecular flexibility index (Phi) is 9.72. The average molecular weight is 515 g/mol. The molecular weight excluding hydrogens is 480 g/mol. The molecule has 0 radical (unpaired) electrons. The zero-order valence-corrected chi connectivity index (χ0v) is 22.1. The first-order valence-electron chi connectivity index (χ1n) is 12.8. The summed E-state index contributed by atoms with van der Waals surface area (Å²) in [5.74, 6) is -0.00197. The predicted octanol–water partition coefficient (Wildman–Crippen LogP) is 6.94. The van der Waals surface area contributed by atoms with Crippen LogP contribution in [0.25, 0.3) is 0 Å². The maximum Gasteiger partial charge on any atom is 0.303 e. The van der Waals surface area contributed by atoms with Gasteiger partial charge in [0.05, 0.1) is 5.69 Å². The molecule has 1 heterocycles. The van der Waals surface area contributed by atoms with E-state index in [4.69, 9.17) is 14.8 Å². The number of carboxylic acids is 1. The molecule has 0 aliphatic carbocycles. The fourth-order valence-corrected chi connectivity index (χ4v) is 4.98. The average Bonchev–Trinajstić information content (AvgIpc) is 3.39. The summed E-state index contributed by atoms with van der Waals surface area (Å²) in [4.78, 5) is 18.0. The Balaban J connectivity index is 1.35. The Morgan fingerprint density at radius 2 is 1.54 bits per heavy atom. The van der Waals surface area contributed by atoms with E-state index in [1.807, 2.05) is 24.3 Å². The number of aromatic nitrogens is 1. The number of aryl methyl sites for hydroxylation is 2. The summed E-state index contributed by atoms with van der Waals surface area (Å²) in [6, 6.07) is 26.8. The minimum absolute atomic E-state index is 0.138. The van der Waals surface area contributed by atoms with Crippen molar-refractivity contribution < 1.29 is 14.6 Å². The smallest absolute Gasteiger partial charge is 0.303 e. The molecule has 192 valence electrons. The summed E-state index contributed by atoms with van der Waals surface area (Å²) in [5, 5.41) is 12.1. The van der Waals surface area contributed by atoms with E-state index in [9.17, 15) is 4.79 Å². The van der Waals surface area contributed by atoms with Crippen LogP contribution in [-0.2, 0) is 37.2 Å². The molecule has 0 saturated carbocycles. The van der Waals surface area contributed by atoms with Crippen LogP contribution in [0.15, 0.2) is 84.2 Å². The standard InChI is InChI=1S/C31H34N2O3S/c1-2-6-28-23-37-31(32-28)33(20-19-24-7-4-3-5-8-24)21-26-9-11-27(12-10-26)22-36-29-16-13-25(14-17-29)15-18-30(34)35/h3-5,7-14,16-17,23H,2,6,15,18-22H2,1H3,(H,34,35). The van der Waals surface area contributed by atoms with Gasteiger partial charge in [-0.15, -0.1) is 11.3 Å². The number of hydrogen-bond donors (Lipinski definition) is 1. The van der Waals surface area contributed by atoms with Gasteiger partial charge in [0.15, 0.2) is 5.13 Å². The summed E-state index contributed by atoms with van der Waals surface area (Å²) in [7, 11) is 0. The molecule has 6 heteroatoms. The van der Waals surface area contributed by atoms with Crippen LogP contribution in [-0.4, -0.2) is 22.6 Å². The van der Waals surface area contributed by atoms with Gasteiger partial charge in [-0.2, -0.15) is 0 Å². The fourth-order valence-electron chi connectivity index (χ4n) is 4.10. The first kappa shape index (κ1) is 26.4. The highest BCUT2D eigenvalue weighted by molar-refractivity contribution is 7.13. The van der Waals surface area contributed by atoms with E-state index < -0.39 is 5.97 Å². The van der Waals surface area contributed by atoms with Gasteiger partial charge in [-0.1, -0.05) is 80.1 Å². The Morgan fingerprint density at radius 1 is 0.865 bits per heavy atom. The summed E-state index contributed by atoms with van der Waals surface area (Å²) in [6.07, 6.45) is 3.76. The number of carbonyl (C=O) groups is 1. The molecule has 1 N–H and O–H groups in total. The van der Waals surface area contributed by atoms with Gasteiger partial charge in [0.1, 0.15) is 12.4 Å². The molecule has 0 spiro atoms. The maximum absolute atomic E-state index is 10.7.